The molecule has 7 nitrogen and oxygen atoms in total. The second kappa shape index (κ2) is 8.42. The van der Waals surface area contributed by atoms with E-state index >= 15 is 0 Å². The molecular weight excluding hydrogens is 204 g/mol. The van der Waals surface area contributed by atoms with E-state index in [1.54, 1.807) is 20.8 Å². The molecule has 0 aromatic heterocycles. The minimum atomic E-state index is -0.678. The third-order valence-corrected chi connectivity index (χ3v) is 1.22. The van der Waals surface area contributed by atoms with Crippen molar-refractivity contribution in [3.8, 4) is 0 Å². The summed E-state index contributed by atoms with van der Waals surface area (Å²) in [5.74, 6) is 0. The van der Waals surface area contributed by atoms with Crippen LogP contribution < -0.4 is 0 Å². The third kappa shape index (κ3) is 4.93. The molecule has 0 spiro atoms. The molecule has 0 atom stereocenters. The summed E-state index contributed by atoms with van der Waals surface area (Å²) in [4.78, 5) is 31.0. The molecule has 0 N–H and O–H groups in total. The fraction of sp³-hybridized carbons (Fsp3) is 0.875. The number of amides is 2. The number of nitrogens with zero attached hydrogens (tertiary/aromatic N) is 2. The third-order valence-electron chi connectivity index (χ3n) is 1.22. The standard InChI is InChI=1S/C8H18N2O5/c1-5-13-9(12-4)8(11)10(14-6-2)15-7-3/h5-7H2,1-4H3. The molecule has 0 rings (SSSR count). The molecule has 0 unspecified atom stereocenters. The lowest BCUT2D eigenvalue weighted by Gasteiger charge is -2.24. The van der Waals surface area contributed by atoms with Gasteiger partial charge >= 0.3 is 6.03 Å². The molecule has 2 amide bonds. The summed E-state index contributed by atoms with van der Waals surface area (Å²) in [5.41, 5.74) is 0. The largest absolute Gasteiger partial charge is 0.418 e. The van der Waals surface area contributed by atoms with Crippen LogP contribution in [0.2, 0.25) is 0 Å². The van der Waals surface area contributed by atoms with Crippen molar-refractivity contribution in [1.29, 1.82) is 0 Å². The van der Waals surface area contributed by atoms with Crippen molar-refractivity contribution in [2.45, 2.75) is 20.8 Å². The molecule has 0 heterocycles. The van der Waals surface area contributed by atoms with Crippen LogP contribution in [0.4, 0.5) is 4.79 Å². The van der Waals surface area contributed by atoms with Crippen LogP contribution in [-0.2, 0) is 19.4 Å². The van der Waals surface area contributed by atoms with Gasteiger partial charge in [-0.3, -0.25) is 0 Å². The number of hydrogen-bond acceptors (Lipinski definition) is 5. The minimum Gasteiger partial charge on any atom is -0.248 e. The summed E-state index contributed by atoms with van der Waals surface area (Å²) in [7, 11) is 1.31. The fourth-order valence-electron chi connectivity index (χ4n) is 0.752. The van der Waals surface area contributed by atoms with Gasteiger partial charge in [0.2, 0.25) is 0 Å². The highest BCUT2D eigenvalue weighted by molar-refractivity contribution is 5.69. The highest BCUT2D eigenvalue weighted by atomic mass is 17.0. The molecular formula is C8H18N2O5. The van der Waals surface area contributed by atoms with E-state index in [0.29, 0.717) is 25.0 Å². The number of rotatable bonds is 7. The lowest BCUT2D eigenvalue weighted by atomic mass is 10.9. The predicted molar refractivity (Wildman–Crippen MR) is 51.0 cm³/mol. The number of carbonyl (C=O) groups is 1. The quantitative estimate of drug-likeness (QED) is 0.604. The molecule has 15 heavy (non-hydrogen) atoms. The molecule has 7 heteroatoms. The first-order valence-corrected chi connectivity index (χ1v) is 4.78. The highest BCUT2D eigenvalue weighted by Gasteiger charge is 2.23. The van der Waals surface area contributed by atoms with Crippen LogP contribution in [0.25, 0.3) is 0 Å². The monoisotopic (exact) mass is 222 g/mol. The van der Waals surface area contributed by atoms with E-state index in [0.717, 1.165) is 5.23 Å². The Morgan fingerprint density at radius 2 is 1.33 bits per heavy atom. The van der Waals surface area contributed by atoms with Gasteiger partial charge in [0.15, 0.2) is 0 Å². The molecule has 0 aromatic rings. The molecule has 0 fully saturated rings. The summed E-state index contributed by atoms with van der Waals surface area (Å²) in [6, 6.07) is -0.678. The molecule has 0 aromatic carbocycles. The SMILES string of the molecule is CCON(OC)C(=O)N(OCC)OCC. The van der Waals surface area contributed by atoms with Crippen LogP contribution in [0.3, 0.4) is 0 Å². The topological polar surface area (TPSA) is 60.5 Å². The van der Waals surface area contributed by atoms with Crippen molar-refractivity contribution in [3.63, 3.8) is 0 Å². The van der Waals surface area contributed by atoms with Gasteiger partial charge in [0.1, 0.15) is 0 Å². The first kappa shape index (κ1) is 14.1. The molecule has 0 aliphatic rings. The summed E-state index contributed by atoms with van der Waals surface area (Å²) >= 11 is 0. The van der Waals surface area contributed by atoms with E-state index in [4.69, 9.17) is 14.5 Å². The number of hydroxylamine groups is 4. The van der Waals surface area contributed by atoms with Crippen molar-refractivity contribution >= 4 is 6.03 Å². The minimum absolute atomic E-state index is 0.297. The summed E-state index contributed by atoms with van der Waals surface area (Å²) in [5, 5.41) is 1.41. The van der Waals surface area contributed by atoms with Crippen LogP contribution in [0, 0.1) is 0 Å². The lowest BCUT2D eigenvalue weighted by Crippen LogP contribution is -2.42. The van der Waals surface area contributed by atoms with Crippen molar-refractivity contribution in [1.82, 2.24) is 10.5 Å². The van der Waals surface area contributed by atoms with E-state index in [2.05, 4.69) is 4.84 Å². The highest BCUT2D eigenvalue weighted by Crippen LogP contribution is 2.02. The van der Waals surface area contributed by atoms with Crippen molar-refractivity contribution in [3.05, 3.63) is 0 Å². The van der Waals surface area contributed by atoms with Crippen molar-refractivity contribution in [2.75, 3.05) is 26.9 Å². The molecule has 90 valence electrons. The van der Waals surface area contributed by atoms with E-state index < -0.39 is 6.03 Å². The summed E-state index contributed by atoms with van der Waals surface area (Å²) in [6.45, 7) is 6.09. The zero-order chi connectivity index (χ0) is 11.7. The Bertz CT molecular complexity index is 172. The van der Waals surface area contributed by atoms with Gasteiger partial charge < -0.3 is 0 Å². The maximum atomic E-state index is 11.6. The van der Waals surface area contributed by atoms with Crippen molar-refractivity contribution in [2.24, 2.45) is 0 Å². The Balaban J connectivity index is 4.29. The number of hydrogen-bond donors (Lipinski definition) is 0. The molecule has 0 bridgehead atoms. The van der Waals surface area contributed by atoms with Gasteiger partial charge in [0, 0.05) is 0 Å². The van der Waals surface area contributed by atoms with Crippen molar-refractivity contribution < 1.29 is 24.1 Å². The smallest absolute Gasteiger partial charge is 0.248 e. The molecule has 0 aliphatic carbocycles. The average Bonchev–Trinajstić information content (AvgIpc) is 2.24. The van der Waals surface area contributed by atoms with E-state index in [9.17, 15) is 4.79 Å². The molecule has 0 saturated heterocycles. The Morgan fingerprint density at radius 1 is 0.933 bits per heavy atom. The Hall–Kier alpha value is -0.890. The van der Waals surface area contributed by atoms with Gasteiger partial charge in [-0.15, -0.1) is 0 Å². The number of carbonyl (C=O) groups excluding carboxylic acids is 1. The Labute approximate surface area is 89.2 Å². The van der Waals surface area contributed by atoms with E-state index in [1.165, 1.54) is 7.11 Å². The zero-order valence-electron chi connectivity index (χ0n) is 9.56. The van der Waals surface area contributed by atoms with Gasteiger partial charge in [0.25, 0.3) is 0 Å². The number of urea groups is 1. The summed E-state index contributed by atoms with van der Waals surface area (Å²) in [6.07, 6.45) is 0. The molecule has 0 aliphatic heterocycles. The van der Waals surface area contributed by atoms with Crippen LogP contribution in [0.15, 0.2) is 0 Å². The first-order chi connectivity index (χ1) is 7.21. The van der Waals surface area contributed by atoms with Gasteiger partial charge in [0.05, 0.1) is 26.9 Å². The van der Waals surface area contributed by atoms with E-state index in [-0.39, 0.29) is 0 Å². The predicted octanol–water partition coefficient (Wildman–Crippen LogP) is 1.13. The second-order valence-corrected chi connectivity index (χ2v) is 2.23. The lowest BCUT2D eigenvalue weighted by molar-refractivity contribution is -0.378. The van der Waals surface area contributed by atoms with Gasteiger partial charge in [-0.25, -0.2) is 24.1 Å². The normalized spacial score (nSPS) is 10.1. The van der Waals surface area contributed by atoms with Gasteiger partial charge in [-0.05, 0) is 20.8 Å². The molecule has 0 radical (unpaired) electrons. The van der Waals surface area contributed by atoms with Crippen LogP contribution in [0.1, 0.15) is 20.8 Å². The van der Waals surface area contributed by atoms with Crippen LogP contribution in [0.5, 0.6) is 0 Å². The maximum absolute atomic E-state index is 11.6. The second-order valence-electron chi connectivity index (χ2n) is 2.23. The summed E-state index contributed by atoms with van der Waals surface area (Å²) < 4.78 is 0. The molecule has 0 saturated carbocycles. The zero-order valence-corrected chi connectivity index (χ0v) is 9.56. The van der Waals surface area contributed by atoms with Gasteiger partial charge in [-0.1, -0.05) is 10.5 Å². The van der Waals surface area contributed by atoms with Gasteiger partial charge in [-0.2, -0.15) is 0 Å². The Kier molecular flexibility index (Phi) is 7.92. The maximum Gasteiger partial charge on any atom is 0.418 e. The average molecular weight is 222 g/mol. The Morgan fingerprint density at radius 3 is 1.67 bits per heavy atom. The fourth-order valence-corrected chi connectivity index (χ4v) is 0.752. The van der Waals surface area contributed by atoms with E-state index in [1.807, 2.05) is 0 Å². The van der Waals surface area contributed by atoms with Crippen LogP contribution >= 0.6 is 0 Å². The first-order valence-electron chi connectivity index (χ1n) is 4.78. The van der Waals surface area contributed by atoms with Crippen LogP contribution in [-0.4, -0.2) is 43.4 Å².